The predicted octanol–water partition coefficient (Wildman–Crippen LogP) is 2.42. The van der Waals surface area contributed by atoms with E-state index < -0.39 is 17.9 Å². The lowest BCUT2D eigenvalue weighted by Crippen LogP contribution is -2.52. The number of anilines is 1. The van der Waals surface area contributed by atoms with Crippen molar-refractivity contribution in [2.45, 2.75) is 44.6 Å². The number of rotatable bonds is 5. The monoisotopic (exact) mass is 441 g/mol. The van der Waals surface area contributed by atoms with Gasteiger partial charge in [-0.05, 0) is 61.9 Å². The first kappa shape index (κ1) is 21.0. The van der Waals surface area contributed by atoms with Crippen LogP contribution in [0.1, 0.15) is 56.8 Å². The van der Waals surface area contributed by atoms with E-state index >= 15 is 0 Å². The summed E-state index contributed by atoms with van der Waals surface area (Å²) in [6.07, 6.45) is 4.05. The van der Waals surface area contributed by atoms with Crippen LogP contribution >= 0.6 is 11.3 Å². The fourth-order valence-corrected chi connectivity index (χ4v) is 5.16. The van der Waals surface area contributed by atoms with Crippen LogP contribution in [0.2, 0.25) is 0 Å². The lowest BCUT2D eigenvalue weighted by atomic mass is 9.94. The Balaban J connectivity index is 1.58. The van der Waals surface area contributed by atoms with Crippen LogP contribution in [0, 0.1) is 0 Å². The van der Waals surface area contributed by atoms with Gasteiger partial charge in [0.25, 0.3) is 11.8 Å². The largest absolute Gasteiger partial charge is 0.497 e. The van der Waals surface area contributed by atoms with Crippen molar-refractivity contribution in [3.8, 4) is 5.75 Å². The van der Waals surface area contributed by atoms with Crippen molar-refractivity contribution in [2.24, 2.45) is 0 Å². The molecule has 1 unspecified atom stereocenters. The van der Waals surface area contributed by atoms with E-state index in [1.807, 2.05) is 0 Å². The van der Waals surface area contributed by atoms with E-state index in [1.54, 1.807) is 31.4 Å². The average Bonchev–Trinajstić information content (AvgIpc) is 3.13. The first-order chi connectivity index (χ1) is 15.0. The molecule has 1 atom stereocenters. The number of methoxy groups -OCH3 is 1. The van der Waals surface area contributed by atoms with Crippen LogP contribution in [0.4, 0.5) is 5.00 Å². The molecule has 4 amide bonds. The number of ether oxygens (including phenoxy) is 1. The van der Waals surface area contributed by atoms with Gasteiger partial charge in [0.2, 0.25) is 11.8 Å². The molecule has 162 valence electrons. The Morgan fingerprint density at radius 3 is 2.52 bits per heavy atom. The SMILES string of the molecule is COc1ccc(C(=O)Nc2sc3c(c2C(=O)NC2CCC(=O)NC2=O)CCCC3)cc1. The maximum atomic E-state index is 13.2. The van der Waals surface area contributed by atoms with Crippen molar-refractivity contribution >= 4 is 40.0 Å². The fraction of sp³-hybridized carbons (Fsp3) is 0.364. The lowest BCUT2D eigenvalue weighted by Gasteiger charge is -2.22. The van der Waals surface area contributed by atoms with Gasteiger partial charge in [-0.2, -0.15) is 0 Å². The number of aryl methyl sites for hydroxylation is 1. The van der Waals surface area contributed by atoms with E-state index in [-0.39, 0.29) is 24.7 Å². The predicted molar refractivity (Wildman–Crippen MR) is 116 cm³/mol. The van der Waals surface area contributed by atoms with Crippen molar-refractivity contribution in [3.63, 3.8) is 0 Å². The number of hydrogen-bond donors (Lipinski definition) is 3. The van der Waals surface area contributed by atoms with Crippen LogP contribution in [-0.4, -0.2) is 36.8 Å². The highest BCUT2D eigenvalue weighted by molar-refractivity contribution is 7.17. The second-order valence-corrected chi connectivity index (χ2v) is 8.68. The topological polar surface area (TPSA) is 114 Å². The Labute approximate surface area is 183 Å². The van der Waals surface area contributed by atoms with E-state index in [0.29, 0.717) is 21.9 Å². The molecule has 4 rings (SSSR count). The summed E-state index contributed by atoms with van der Waals surface area (Å²) in [5.41, 5.74) is 1.81. The summed E-state index contributed by atoms with van der Waals surface area (Å²) in [4.78, 5) is 50.5. The third kappa shape index (κ3) is 4.46. The Morgan fingerprint density at radius 2 is 1.81 bits per heavy atom. The van der Waals surface area contributed by atoms with Gasteiger partial charge in [-0.15, -0.1) is 11.3 Å². The highest BCUT2D eigenvalue weighted by Gasteiger charge is 2.32. The molecular weight excluding hydrogens is 418 g/mol. The summed E-state index contributed by atoms with van der Waals surface area (Å²) in [6.45, 7) is 0. The van der Waals surface area contributed by atoms with Crippen molar-refractivity contribution in [3.05, 3.63) is 45.8 Å². The first-order valence-electron chi connectivity index (χ1n) is 10.2. The molecule has 1 aliphatic heterocycles. The number of benzene rings is 1. The molecule has 0 saturated carbocycles. The molecule has 0 bridgehead atoms. The summed E-state index contributed by atoms with van der Waals surface area (Å²) in [5.74, 6) is -0.920. The van der Waals surface area contributed by atoms with Gasteiger partial charge in [0.15, 0.2) is 0 Å². The van der Waals surface area contributed by atoms with E-state index in [1.165, 1.54) is 11.3 Å². The second kappa shape index (κ2) is 8.89. The van der Waals surface area contributed by atoms with Crippen molar-refractivity contribution < 1.29 is 23.9 Å². The van der Waals surface area contributed by atoms with Crippen molar-refractivity contribution in [2.75, 3.05) is 12.4 Å². The van der Waals surface area contributed by atoms with Gasteiger partial charge in [-0.25, -0.2) is 0 Å². The number of nitrogens with one attached hydrogen (secondary N) is 3. The minimum Gasteiger partial charge on any atom is -0.497 e. The molecule has 1 aromatic carbocycles. The Bertz CT molecular complexity index is 1040. The molecule has 31 heavy (non-hydrogen) atoms. The number of imide groups is 1. The third-order valence-corrected chi connectivity index (χ3v) is 6.73. The Hall–Kier alpha value is -3.20. The highest BCUT2D eigenvalue weighted by atomic mass is 32.1. The summed E-state index contributed by atoms with van der Waals surface area (Å²) in [6, 6.07) is 5.94. The number of hydrogen-bond acceptors (Lipinski definition) is 6. The Kier molecular flexibility index (Phi) is 6.03. The van der Waals surface area contributed by atoms with Gasteiger partial charge >= 0.3 is 0 Å². The highest BCUT2D eigenvalue weighted by Crippen LogP contribution is 2.38. The van der Waals surface area contributed by atoms with Crippen molar-refractivity contribution in [1.29, 1.82) is 0 Å². The minimum atomic E-state index is -0.769. The molecular formula is C22H23N3O5S. The van der Waals surface area contributed by atoms with Crippen LogP contribution in [0.15, 0.2) is 24.3 Å². The van der Waals surface area contributed by atoms with Gasteiger partial charge in [0.05, 0.1) is 12.7 Å². The van der Waals surface area contributed by atoms with Gasteiger partial charge < -0.3 is 15.4 Å². The van der Waals surface area contributed by atoms with E-state index in [2.05, 4.69) is 16.0 Å². The van der Waals surface area contributed by atoms with Gasteiger partial charge in [-0.1, -0.05) is 0 Å². The third-order valence-electron chi connectivity index (χ3n) is 5.52. The number of carbonyl (C=O) groups excluding carboxylic acids is 4. The zero-order valence-corrected chi connectivity index (χ0v) is 17.9. The molecule has 1 saturated heterocycles. The van der Waals surface area contributed by atoms with E-state index in [9.17, 15) is 19.2 Å². The average molecular weight is 442 g/mol. The van der Waals surface area contributed by atoms with E-state index in [4.69, 9.17) is 4.74 Å². The molecule has 8 nitrogen and oxygen atoms in total. The van der Waals surface area contributed by atoms with E-state index in [0.717, 1.165) is 36.1 Å². The summed E-state index contributed by atoms with van der Waals surface area (Å²) in [7, 11) is 1.55. The molecule has 0 spiro atoms. The smallest absolute Gasteiger partial charge is 0.256 e. The van der Waals surface area contributed by atoms with Crippen LogP contribution in [-0.2, 0) is 22.4 Å². The van der Waals surface area contributed by atoms with Crippen LogP contribution in [0.3, 0.4) is 0 Å². The van der Waals surface area contributed by atoms with Crippen LogP contribution < -0.4 is 20.7 Å². The minimum absolute atomic E-state index is 0.180. The van der Waals surface area contributed by atoms with Gasteiger partial charge in [-0.3, -0.25) is 24.5 Å². The summed E-state index contributed by atoms with van der Waals surface area (Å²) < 4.78 is 5.12. The second-order valence-electron chi connectivity index (χ2n) is 7.57. The van der Waals surface area contributed by atoms with Gasteiger partial charge in [0.1, 0.15) is 16.8 Å². The molecule has 9 heteroatoms. The number of carbonyl (C=O) groups is 4. The maximum absolute atomic E-state index is 13.2. The van der Waals surface area contributed by atoms with Crippen LogP contribution in [0.25, 0.3) is 0 Å². The fourth-order valence-electron chi connectivity index (χ4n) is 3.87. The normalized spacial score (nSPS) is 18.0. The van der Waals surface area contributed by atoms with Crippen LogP contribution in [0.5, 0.6) is 5.75 Å². The number of amides is 4. The quantitative estimate of drug-likeness (QED) is 0.617. The molecule has 1 aromatic heterocycles. The number of piperidine rings is 1. The zero-order chi connectivity index (χ0) is 22.0. The molecule has 2 aromatic rings. The van der Waals surface area contributed by atoms with Crippen molar-refractivity contribution in [1.82, 2.24) is 10.6 Å². The standard InChI is InChI=1S/C22H23N3O5S/c1-30-13-8-6-12(7-9-13)19(27)25-22-18(14-4-2-3-5-16(14)31-22)21(29)23-15-10-11-17(26)24-20(15)28/h6-9,15H,2-5,10-11H2,1H3,(H,23,29)(H,25,27)(H,24,26,28). The summed E-state index contributed by atoms with van der Waals surface area (Å²) >= 11 is 1.41. The van der Waals surface area contributed by atoms with Gasteiger partial charge in [0, 0.05) is 16.9 Å². The molecule has 3 N–H and O–H groups in total. The maximum Gasteiger partial charge on any atom is 0.256 e. The molecule has 2 aliphatic rings. The molecule has 0 radical (unpaired) electrons. The molecule has 2 heterocycles. The first-order valence-corrected chi connectivity index (χ1v) is 11.0. The number of thiophene rings is 1. The molecule has 1 fully saturated rings. The number of fused-ring (bicyclic) bond motifs is 1. The lowest BCUT2D eigenvalue weighted by molar-refractivity contribution is -0.134. The Morgan fingerprint density at radius 1 is 1.06 bits per heavy atom. The molecule has 1 aliphatic carbocycles. The zero-order valence-electron chi connectivity index (χ0n) is 17.1. The summed E-state index contributed by atoms with van der Waals surface area (Å²) in [5, 5.41) is 8.36.